The normalized spacial score (nSPS) is 12.5. The number of halogens is 1. The second-order valence-electron chi connectivity index (χ2n) is 2.89. The molecule has 2 N–H and O–H groups in total. The summed E-state index contributed by atoms with van der Waals surface area (Å²) in [6, 6.07) is 6.37. The summed E-state index contributed by atoms with van der Waals surface area (Å²) in [7, 11) is 0. The van der Waals surface area contributed by atoms with Crippen molar-refractivity contribution in [2.24, 2.45) is 5.73 Å². The molecule has 0 radical (unpaired) electrons. The van der Waals surface area contributed by atoms with E-state index in [1.807, 2.05) is 6.92 Å². The molecule has 0 unspecified atom stereocenters. The molecule has 1 aromatic carbocycles. The number of hydrogen-bond acceptors (Lipinski definition) is 2. The van der Waals surface area contributed by atoms with Crippen molar-refractivity contribution in [2.75, 3.05) is 0 Å². The van der Waals surface area contributed by atoms with Crippen LogP contribution in [0.4, 0.5) is 0 Å². The molecule has 0 saturated carbocycles. The SMILES string of the molecule is CC[C@@H](N)C(=O)c1ccc(Cl)cc1. The van der Waals surface area contributed by atoms with Crippen molar-refractivity contribution in [1.29, 1.82) is 0 Å². The molecule has 13 heavy (non-hydrogen) atoms. The van der Waals surface area contributed by atoms with Gasteiger partial charge in [0.05, 0.1) is 6.04 Å². The molecule has 0 spiro atoms. The van der Waals surface area contributed by atoms with E-state index < -0.39 is 6.04 Å². The Kier molecular flexibility index (Phi) is 3.46. The maximum Gasteiger partial charge on any atom is 0.179 e. The Labute approximate surface area is 82.7 Å². The standard InChI is InChI=1S/C10H12ClNO/c1-2-9(12)10(13)7-3-5-8(11)6-4-7/h3-6,9H,2,12H2,1H3/t9-/m1/s1. The highest BCUT2D eigenvalue weighted by Gasteiger charge is 2.12. The molecule has 0 aliphatic rings. The molecule has 0 aromatic heterocycles. The Morgan fingerprint density at radius 3 is 2.46 bits per heavy atom. The monoisotopic (exact) mass is 197 g/mol. The van der Waals surface area contributed by atoms with Crippen LogP contribution in [0.25, 0.3) is 0 Å². The van der Waals surface area contributed by atoms with Gasteiger partial charge in [-0.15, -0.1) is 0 Å². The smallest absolute Gasteiger partial charge is 0.179 e. The summed E-state index contributed by atoms with van der Waals surface area (Å²) in [4.78, 5) is 11.5. The third kappa shape index (κ3) is 2.54. The van der Waals surface area contributed by atoms with Crippen molar-refractivity contribution in [3.05, 3.63) is 34.9 Å². The molecular weight excluding hydrogens is 186 g/mol. The van der Waals surface area contributed by atoms with Crippen molar-refractivity contribution < 1.29 is 4.79 Å². The zero-order valence-corrected chi connectivity index (χ0v) is 8.21. The number of ketones is 1. The highest BCUT2D eigenvalue weighted by molar-refractivity contribution is 6.30. The number of Topliss-reactive ketones (excluding diaryl/α,β-unsaturated/α-hetero) is 1. The van der Waals surface area contributed by atoms with Gasteiger partial charge in [0.1, 0.15) is 0 Å². The molecule has 3 heteroatoms. The van der Waals surface area contributed by atoms with Crippen LogP contribution in [0.5, 0.6) is 0 Å². The van der Waals surface area contributed by atoms with Crippen molar-refractivity contribution in [1.82, 2.24) is 0 Å². The minimum absolute atomic E-state index is 0.0285. The quantitative estimate of drug-likeness (QED) is 0.756. The lowest BCUT2D eigenvalue weighted by atomic mass is 10.0. The van der Waals surface area contributed by atoms with Crippen molar-refractivity contribution >= 4 is 17.4 Å². The average Bonchev–Trinajstić information content (AvgIpc) is 2.17. The van der Waals surface area contributed by atoms with E-state index in [-0.39, 0.29) is 5.78 Å². The number of benzene rings is 1. The second-order valence-corrected chi connectivity index (χ2v) is 3.32. The maximum absolute atomic E-state index is 11.5. The first-order valence-electron chi connectivity index (χ1n) is 4.20. The molecule has 70 valence electrons. The van der Waals surface area contributed by atoms with Gasteiger partial charge in [-0.25, -0.2) is 0 Å². The molecule has 0 bridgehead atoms. The van der Waals surface area contributed by atoms with Gasteiger partial charge in [-0.2, -0.15) is 0 Å². The first-order chi connectivity index (χ1) is 6.15. The van der Waals surface area contributed by atoms with Gasteiger partial charge < -0.3 is 5.73 Å². The van der Waals surface area contributed by atoms with Gasteiger partial charge in [-0.1, -0.05) is 18.5 Å². The van der Waals surface area contributed by atoms with E-state index in [1.54, 1.807) is 24.3 Å². The largest absolute Gasteiger partial charge is 0.321 e. The molecule has 2 nitrogen and oxygen atoms in total. The minimum Gasteiger partial charge on any atom is -0.321 e. The lowest BCUT2D eigenvalue weighted by molar-refractivity contribution is 0.0959. The number of carbonyl (C=O) groups excluding carboxylic acids is 1. The first-order valence-corrected chi connectivity index (χ1v) is 4.58. The fraction of sp³-hybridized carbons (Fsp3) is 0.300. The van der Waals surface area contributed by atoms with E-state index in [0.29, 0.717) is 17.0 Å². The molecule has 0 heterocycles. The molecule has 0 saturated heterocycles. The van der Waals surface area contributed by atoms with E-state index in [1.165, 1.54) is 0 Å². The molecular formula is C10H12ClNO. The molecule has 0 aliphatic heterocycles. The van der Waals surface area contributed by atoms with Crippen LogP contribution < -0.4 is 5.73 Å². The lowest BCUT2D eigenvalue weighted by Crippen LogP contribution is -2.29. The number of carbonyl (C=O) groups is 1. The van der Waals surface area contributed by atoms with Crippen LogP contribution in [0.1, 0.15) is 23.7 Å². The van der Waals surface area contributed by atoms with Crippen molar-refractivity contribution in [3.8, 4) is 0 Å². The van der Waals surface area contributed by atoms with E-state index in [2.05, 4.69) is 0 Å². The van der Waals surface area contributed by atoms with Crippen LogP contribution in [-0.4, -0.2) is 11.8 Å². The molecule has 1 atom stereocenters. The highest BCUT2D eigenvalue weighted by Crippen LogP contribution is 2.11. The van der Waals surface area contributed by atoms with Crippen LogP contribution in [0.2, 0.25) is 5.02 Å². The fourth-order valence-electron chi connectivity index (χ4n) is 1.01. The zero-order chi connectivity index (χ0) is 9.84. The van der Waals surface area contributed by atoms with Crippen LogP contribution in [0.15, 0.2) is 24.3 Å². The van der Waals surface area contributed by atoms with E-state index in [9.17, 15) is 4.79 Å². The lowest BCUT2D eigenvalue weighted by Gasteiger charge is -2.06. The predicted octanol–water partition coefficient (Wildman–Crippen LogP) is 2.26. The fourth-order valence-corrected chi connectivity index (χ4v) is 1.14. The van der Waals surface area contributed by atoms with Crippen molar-refractivity contribution in [2.45, 2.75) is 19.4 Å². The highest BCUT2D eigenvalue weighted by atomic mass is 35.5. The Balaban J connectivity index is 2.83. The van der Waals surface area contributed by atoms with Gasteiger partial charge in [0.15, 0.2) is 5.78 Å². The molecule has 0 amide bonds. The summed E-state index contributed by atoms with van der Waals surface area (Å²) in [6.07, 6.45) is 0.654. The van der Waals surface area contributed by atoms with Crippen molar-refractivity contribution in [3.63, 3.8) is 0 Å². The summed E-state index contributed by atoms with van der Waals surface area (Å²) in [5.74, 6) is -0.0285. The summed E-state index contributed by atoms with van der Waals surface area (Å²) >= 11 is 5.69. The van der Waals surface area contributed by atoms with E-state index >= 15 is 0 Å². The third-order valence-electron chi connectivity index (χ3n) is 1.91. The van der Waals surface area contributed by atoms with Gasteiger partial charge in [0.25, 0.3) is 0 Å². The van der Waals surface area contributed by atoms with Gasteiger partial charge in [0.2, 0.25) is 0 Å². The first kappa shape index (κ1) is 10.2. The number of hydrogen-bond donors (Lipinski definition) is 1. The zero-order valence-electron chi connectivity index (χ0n) is 7.46. The second kappa shape index (κ2) is 4.40. The Morgan fingerprint density at radius 2 is 2.00 bits per heavy atom. The topological polar surface area (TPSA) is 43.1 Å². The number of rotatable bonds is 3. The Morgan fingerprint density at radius 1 is 1.46 bits per heavy atom. The minimum atomic E-state index is -0.402. The summed E-state index contributed by atoms with van der Waals surface area (Å²) < 4.78 is 0. The van der Waals surface area contributed by atoms with E-state index in [0.717, 1.165) is 0 Å². The van der Waals surface area contributed by atoms with Crippen LogP contribution in [0, 0.1) is 0 Å². The average molecular weight is 198 g/mol. The predicted molar refractivity (Wildman–Crippen MR) is 54.0 cm³/mol. The van der Waals surface area contributed by atoms with Crippen LogP contribution in [-0.2, 0) is 0 Å². The number of nitrogens with two attached hydrogens (primary N) is 1. The summed E-state index contributed by atoms with van der Waals surface area (Å²) in [5.41, 5.74) is 6.23. The maximum atomic E-state index is 11.5. The molecule has 1 rings (SSSR count). The van der Waals surface area contributed by atoms with Gasteiger partial charge in [0, 0.05) is 10.6 Å². The molecule has 1 aromatic rings. The summed E-state index contributed by atoms with van der Waals surface area (Å²) in [6.45, 7) is 1.89. The Hall–Kier alpha value is -0.860. The third-order valence-corrected chi connectivity index (χ3v) is 2.16. The molecule has 0 aliphatic carbocycles. The van der Waals surface area contributed by atoms with Gasteiger partial charge in [-0.3, -0.25) is 4.79 Å². The molecule has 0 fully saturated rings. The van der Waals surface area contributed by atoms with Gasteiger partial charge >= 0.3 is 0 Å². The van der Waals surface area contributed by atoms with Gasteiger partial charge in [-0.05, 0) is 30.7 Å². The van der Waals surface area contributed by atoms with E-state index in [4.69, 9.17) is 17.3 Å². The van der Waals surface area contributed by atoms with Crippen LogP contribution in [0.3, 0.4) is 0 Å². The Bertz CT molecular complexity index is 294. The van der Waals surface area contributed by atoms with Crippen LogP contribution >= 0.6 is 11.6 Å². The summed E-state index contributed by atoms with van der Waals surface area (Å²) in [5, 5.41) is 0.626.